The van der Waals surface area contributed by atoms with E-state index in [1.54, 1.807) is 24.5 Å². The van der Waals surface area contributed by atoms with Gasteiger partial charge in [-0.3, -0.25) is 9.78 Å². The van der Waals surface area contributed by atoms with Crippen LogP contribution in [0.4, 0.5) is 15.8 Å². The highest BCUT2D eigenvalue weighted by Gasteiger charge is 2.16. The fourth-order valence-corrected chi connectivity index (χ4v) is 3.13. The molecule has 0 saturated carbocycles. The fourth-order valence-electron chi connectivity index (χ4n) is 1.90. The van der Waals surface area contributed by atoms with Crippen molar-refractivity contribution in [3.63, 3.8) is 0 Å². The molecule has 3 N–H and O–H groups in total. The number of nitrogens with zero attached hydrogens (tertiary/aromatic N) is 1. The highest BCUT2D eigenvalue weighted by atomic mass is 79.9. The molecule has 2 aromatic heterocycles. The van der Waals surface area contributed by atoms with Gasteiger partial charge in [0.25, 0.3) is 5.91 Å². The molecular weight excluding hydrogens is 357 g/mol. The van der Waals surface area contributed by atoms with Crippen molar-refractivity contribution in [2.45, 2.75) is 0 Å². The Morgan fingerprint density at radius 1 is 1.38 bits per heavy atom. The number of fused-ring (bicyclic) bond motifs is 1. The second-order valence-corrected chi connectivity index (χ2v) is 6.21. The van der Waals surface area contributed by atoms with Crippen LogP contribution < -0.4 is 11.1 Å². The van der Waals surface area contributed by atoms with E-state index < -0.39 is 5.82 Å². The van der Waals surface area contributed by atoms with Gasteiger partial charge < -0.3 is 11.1 Å². The third kappa shape index (κ3) is 2.62. The lowest BCUT2D eigenvalue weighted by Gasteiger charge is -2.05. The van der Waals surface area contributed by atoms with E-state index in [0.29, 0.717) is 20.7 Å². The molecule has 0 aliphatic carbocycles. The lowest BCUT2D eigenvalue weighted by atomic mass is 10.2. The Balaban J connectivity index is 1.93. The molecule has 1 amide bonds. The number of nitrogens with two attached hydrogens (primary N) is 1. The number of rotatable bonds is 2. The van der Waals surface area contributed by atoms with E-state index in [4.69, 9.17) is 5.73 Å². The van der Waals surface area contributed by atoms with E-state index in [1.165, 1.54) is 23.5 Å². The number of thiophene rings is 1. The molecule has 1 aromatic carbocycles. The zero-order chi connectivity index (χ0) is 15.0. The molecule has 0 radical (unpaired) electrons. The monoisotopic (exact) mass is 365 g/mol. The summed E-state index contributed by atoms with van der Waals surface area (Å²) in [6, 6.07) is 6.14. The first-order chi connectivity index (χ1) is 10.1. The molecule has 0 atom stereocenters. The first-order valence-electron chi connectivity index (χ1n) is 5.94. The molecule has 3 rings (SSSR count). The SMILES string of the molecule is Nc1c(C(=O)Nc2ccc(Br)c(F)c2)sc2cnccc12. The lowest BCUT2D eigenvalue weighted by molar-refractivity contribution is 0.103. The molecule has 0 unspecified atom stereocenters. The number of nitrogen functional groups attached to an aromatic ring is 1. The maximum absolute atomic E-state index is 13.5. The van der Waals surface area contributed by atoms with Crippen LogP contribution in [0.25, 0.3) is 10.1 Å². The van der Waals surface area contributed by atoms with E-state index in [0.717, 1.165) is 10.1 Å². The van der Waals surface area contributed by atoms with Gasteiger partial charge in [-0.2, -0.15) is 0 Å². The zero-order valence-corrected chi connectivity index (χ0v) is 13.0. The van der Waals surface area contributed by atoms with E-state index >= 15 is 0 Å². The predicted molar refractivity (Wildman–Crippen MR) is 86.1 cm³/mol. The van der Waals surface area contributed by atoms with Crippen LogP contribution in [0.1, 0.15) is 9.67 Å². The number of amides is 1. The second kappa shape index (κ2) is 5.42. The van der Waals surface area contributed by atoms with Gasteiger partial charge in [0.1, 0.15) is 10.7 Å². The van der Waals surface area contributed by atoms with E-state index in [-0.39, 0.29) is 5.91 Å². The fraction of sp³-hybridized carbons (Fsp3) is 0. The summed E-state index contributed by atoms with van der Waals surface area (Å²) in [5, 5.41) is 3.43. The Bertz CT molecular complexity index is 849. The number of carbonyl (C=O) groups excluding carboxylic acids is 1. The van der Waals surface area contributed by atoms with Crippen LogP contribution in [0.5, 0.6) is 0 Å². The van der Waals surface area contributed by atoms with Crippen LogP contribution in [-0.2, 0) is 0 Å². The number of carbonyl (C=O) groups is 1. The standard InChI is InChI=1S/C14H9BrFN3OS/c15-9-2-1-7(5-10(9)16)19-14(20)13-12(17)8-3-4-18-6-11(8)21-13/h1-6H,17H2,(H,19,20). The Hall–Kier alpha value is -1.99. The third-order valence-electron chi connectivity index (χ3n) is 2.92. The molecule has 0 fully saturated rings. The highest BCUT2D eigenvalue weighted by Crippen LogP contribution is 2.33. The van der Waals surface area contributed by atoms with Gasteiger partial charge in [0.05, 0.1) is 14.9 Å². The Labute approximate surface area is 131 Å². The minimum Gasteiger partial charge on any atom is -0.397 e. The summed E-state index contributed by atoms with van der Waals surface area (Å²) in [7, 11) is 0. The molecule has 3 aromatic rings. The average Bonchev–Trinajstić information content (AvgIpc) is 2.81. The second-order valence-electron chi connectivity index (χ2n) is 4.30. The van der Waals surface area contributed by atoms with Crippen molar-refractivity contribution in [3.8, 4) is 0 Å². The molecule has 0 spiro atoms. The molecule has 21 heavy (non-hydrogen) atoms. The van der Waals surface area contributed by atoms with Crippen molar-refractivity contribution in [1.82, 2.24) is 4.98 Å². The van der Waals surface area contributed by atoms with Crippen molar-refractivity contribution >= 4 is 54.6 Å². The van der Waals surface area contributed by atoms with Crippen LogP contribution in [0, 0.1) is 5.82 Å². The molecule has 0 saturated heterocycles. The topological polar surface area (TPSA) is 68.0 Å². The summed E-state index contributed by atoms with van der Waals surface area (Å²) in [5.74, 6) is -0.809. The number of nitrogens with one attached hydrogen (secondary N) is 1. The molecule has 4 nitrogen and oxygen atoms in total. The van der Waals surface area contributed by atoms with Crippen molar-refractivity contribution in [1.29, 1.82) is 0 Å². The number of aromatic nitrogens is 1. The van der Waals surface area contributed by atoms with Crippen LogP contribution in [0.15, 0.2) is 41.1 Å². The third-order valence-corrected chi connectivity index (χ3v) is 4.71. The van der Waals surface area contributed by atoms with Crippen molar-refractivity contribution in [2.75, 3.05) is 11.1 Å². The quantitative estimate of drug-likeness (QED) is 0.720. The average molecular weight is 366 g/mol. The Morgan fingerprint density at radius 3 is 2.90 bits per heavy atom. The molecule has 7 heteroatoms. The van der Waals surface area contributed by atoms with Gasteiger partial charge >= 0.3 is 0 Å². The van der Waals surface area contributed by atoms with Crippen LogP contribution in [0.3, 0.4) is 0 Å². The predicted octanol–water partition coefficient (Wildman–Crippen LogP) is 4.03. The van der Waals surface area contributed by atoms with Gasteiger partial charge in [-0.1, -0.05) is 0 Å². The molecule has 0 bridgehead atoms. The summed E-state index contributed by atoms with van der Waals surface area (Å²) in [4.78, 5) is 16.7. The smallest absolute Gasteiger partial charge is 0.267 e. The van der Waals surface area contributed by atoms with Gasteiger partial charge in [-0.15, -0.1) is 11.3 Å². The normalized spacial score (nSPS) is 10.8. The number of anilines is 2. The summed E-state index contributed by atoms with van der Waals surface area (Å²) in [6.45, 7) is 0. The summed E-state index contributed by atoms with van der Waals surface area (Å²) in [5.41, 5.74) is 6.77. The molecular formula is C14H9BrFN3OS. The first kappa shape index (κ1) is 14.0. The lowest BCUT2D eigenvalue weighted by Crippen LogP contribution is -2.12. The minimum absolute atomic E-state index is 0.341. The summed E-state index contributed by atoms with van der Waals surface area (Å²) >= 11 is 4.32. The van der Waals surface area contributed by atoms with Gasteiger partial charge in [-0.05, 0) is 40.2 Å². The van der Waals surface area contributed by atoms with Gasteiger partial charge in [-0.25, -0.2) is 4.39 Å². The van der Waals surface area contributed by atoms with Gasteiger partial charge in [0.2, 0.25) is 0 Å². The number of hydrogen-bond acceptors (Lipinski definition) is 4. The molecule has 106 valence electrons. The molecule has 0 aliphatic heterocycles. The van der Waals surface area contributed by atoms with E-state index in [9.17, 15) is 9.18 Å². The minimum atomic E-state index is -0.443. The maximum Gasteiger partial charge on any atom is 0.267 e. The number of benzene rings is 1. The molecule has 2 heterocycles. The van der Waals surface area contributed by atoms with Crippen molar-refractivity contribution in [2.24, 2.45) is 0 Å². The van der Waals surface area contributed by atoms with Crippen molar-refractivity contribution < 1.29 is 9.18 Å². The van der Waals surface area contributed by atoms with Crippen LogP contribution in [0.2, 0.25) is 0 Å². The maximum atomic E-state index is 13.5. The zero-order valence-electron chi connectivity index (χ0n) is 10.6. The number of halogens is 2. The first-order valence-corrected chi connectivity index (χ1v) is 7.55. The Morgan fingerprint density at radius 2 is 2.19 bits per heavy atom. The van der Waals surface area contributed by atoms with Crippen molar-refractivity contribution in [3.05, 3.63) is 51.8 Å². The van der Waals surface area contributed by atoms with Gasteiger partial charge in [0.15, 0.2) is 0 Å². The van der Waals surface area contributed by atoms with Crippen LogP contribution >= 0.6 is 27.3 Å². The number of hydrogen-bond donors (Lipinski definition) is 2. The summed E-state index contributed by atoms with van der Waals surface area (Å²) in [6.07, 6.45) is 3.28. The number of pyridine rings is 1. The highest BCUT2D eigenvalue weighted by molar-refractivity contribution is 9.10. The van der Waals surface area contributed by atoms with Crippen LogP contribution in [-0.4, -0.2) is 10.9 Å². The summed E-state index contributed by atoms with van der Waals surface area (Å²) < 4.78 is 14.6. The van der Waals surface area contributed by atoms with E-state index in [2.05, 4.69) is 26.2 Å². The molecule has 0 aliphatic rings. The Kier molecular flexibility index (Phi) is 3.60. The van der Waals surface area contributed by atoms with E-state index in [1.807, 2.05) is 0 Å². The van der Waals surface area contributed by atoms with Gasteiger partial charge in [0, 0.05) is 23.5 Å². The largest absolute Gasteiger partial charge is 0.397 e.